The molecule has 3 aromatic rings. The quantitative estimate of drug-likeness (QED) is 0.360. The minimum Gasteiger partial charge on any atom is -0.486 e. The van der Waals surface area contributed by atoms with E-state index in [2.05, 4.69) is 20.9 Å². The summed E-state index contributed by atoms with van der Waals surface area (Å²) < 4.78 is 30.5. The number of aromatic nitrogens is 1. The third kappa shape index (κ3) is 5.39. The molecular formula is C19H13BrCl3NO3S. The normalized spacial score (nSPS) is 11.4. The molecule has 1 heterocycles. The van der Waals surface area contributed by atoms with Crippen molar-refractivity contribution in [2.75, 3.05) is 0 Å². The first-order valence-corrected chi connectivity index (χ1v) is 11.8. The van der Waals surface area contributed by atoms with Gasteiger partial charge in [-0.2, -0.15) is 0 Å². The summed E-state index contributed by atoms with van der Waals surface area (Å²) in [4.78, 5) is 4.13. The van der Waals surface area contributed by atoms with Gasteiger partial charge in [0.1, 0.15) is 11.5 Å². The lowest BCUT2D eigenvalue weighted by molar-refractivity contribution is 0.296. The van der Waals surface area contributed by atoms with Gasteiger partial charge in [0.2, 0.25) is 0 Å². The van der Waals surface area contributed by atoms with E-state index >= 15 is 0 Å². The topological polar surface area (TPSA) is 56.3 Å². The lowest BCUT2D eigenvalue weighted by Gasteiger charge is -2.12. The van der Waals surface area contributed by atoms with Gasteiger partial charge in [-0.25, -0.2) is 8.42 Å². The highest BCUT2D eigenvalue weighted by Crippen LogP contribution is 2.33. The molecule has 0 radical (unpaired) electrons. The summed E-state index contributed by atoms with van der Waals surface area (Å²) in [6.45, 7) is 0.186. The molecule has 28 heavy (non-hydrogen) atoms. The van der Waals surface area contributed by atoms with Crippen LogP contribution in [0.4, 0.5) is 0 Å². The Bertz CT molecular complexity index is 1090. The smallest absolute Gasteiger partial charge is 0.265 e. The van der Waals surface area contributed by atoms with Crippen molar-refractivity contribution < 1.29 is 13.2 Å². The minimum atomic E-state index is -4.05. The van der Waals surface area contributed by atoms with E-state index in [4.69, 9.17) is 38.6 Å². The molecule has 0 saturated carbocycles. The Morgan fingerprint density at radius 2 is 1.68 bits per heavy atom. The molecule has 4 nitrogen and oxygen atoms in total. The van der Waals surface area contributed by atoms with Gasteiger partial charge in [0, 0.05) is 37.3 Å². The Morgan fingerprint density at radius 3 is 2.29 bits per heavy atom. The summed E-state index contributed by atoms with van der Waals surface area (Å²) in [6, 6.07) is 14.1. The van der Waals surface area contributed by atoms with Crippen molar-refractivity contribution >= 4 is 58.9 Å². The molecule has 0 saturated heterocycles. The number of hydrogen-bond donors (Lipinski definition) is 0. The average Bonchev–Trinajstić information content (AvgIpc) is 2.63. The van der Waals surface area contributed by atoms with Crippen LogP contribution in [0.25, 0.3) is 0 Å². The van der Waals surface area contributed by atoms with Crippen LogP contribution < -0.4 is 4.74 Å². The molecule has 0 aliphatic heterocycles. The van der Waals surface area contributed by atoms with E-state index in [1.807, 2.05) is 30.3 Å². The maximum absolute atomic E-state index is 12.0. The second-order valence-electron chi connectivity index (χ2n) is 5.86. The van der Waals surface area contributed by atoms with Crippen LogP contribution in [0.15, 0.2) is 64.1 Å². The molecule has 146 valence electrons. The maximum Gasteiger partial charge on any atom is 0.265 e. The fourth-order valence-electron chi connectivity index (χ4n) is 2.52. The van der Waals surface area contributed by atoms with Crippen LogP contribution in [0.2, 0.25) is 10.0 Å². The van der Waals surface area contributed by atoms with Crippen LogP contribution in [0.1, 0.15) is 16.8 Å². The number of pyridine rings is 1. The first-order chi connectivity index (χ1) is 13.2. The van der Waals surface area contributed by atoms with Gasteiger partial charge >= 0.3 is 0 Å². The number of benzene rings is 2. The maximum atomic E-state index is 12.0. The molecule has 0 aliphatic rings. The third-order valence-corrected chi connectivity index (χ3v) is 6.33. The molecule has 0 N–H and O–H groups in total. The van der Waals surface area contributed by atoms with Crippen molar-refractivity contribution in [1.82, 2.24) is 4.98 Å². The zero-order valence-electron chi connectivity index (χ0n) is 14.2. The molecular weight excluding hydrogens is 509 g/mol. The second kappa shape index (κ2) is 9.01. The second-order valence-corrected chi connectivity index (χ2v) is 10.1. The monoisotopic (exact) mass is 519 g/mol. The van der Waals surface area contributed by atoms with Gasteiger partial charge in [-0.15, -0.1) is 0 Å². The van der Waals surface area contributed by atoms with E-state index in [0.717, 1.165) is 10.0 Å². The van der Waals surface area contributed by atoms with Crippen LogP contribution >= 0.6 is 49.8 Å². The summed E-state index contributed by atoms with van der Waals surface area (Å²) in [7, 11) is 1.56. The van der Waals surface area contributed by atoms with Crippen molar-refractivity contribution in [3.63, 3.8) is 0 Å². The van der Waals surface area contributed by atoms with Crippen molar-refractivity contribution in [3.8, 4) is 5.75 Å². The van der Waals surface area contributed by atoms with E-state index in [0.29, 0.717) is 21.3 Å². The zero-order chi connectivity index (χ0) is 20.3. The highest BCUT2D eigenvalue weighted by atomic mass is 79.9. The zero-order valence-corrected chi connectivity index (χ0v) is 18.9. The van der Waals surface area contributed by atoms with Crippen LogP contribution in [0.3, 0.4) is 0 Å². The predicted octanol–water partition coefficient (Wildman–Crippen LogP) is 6.25. The third-order valence-electron chi connectivity index (χ3n) is 3.85. The van der Waals surface area contributed by atoms with Crippen molar-refractivity contribution in [3.05, 3.63) is 86.1 Å². The van der Waals surface area contributed by atoms with E-state index in [1.54, 1.807) is 12.1 Å². The van der Waals surface area contributed by atoms with Gasteiger partial charge in [-0.05, 0) is 29.3 Å². The molecule has 0 atom stereocenters. The van der Waals surface area contributed by atoms with Crippen molar-refractivity contribution in [2.45, 2.75) is 17.9 Å². The number of rotatable bonds is 6. The van der Waals surface area contributed by atoms with E-state index < -0.39 is 9.05 Å². The Morgan fingerprint density at radius 1 is 1.04 bits per heavy atom. The standard InChI is InChI=1S/C19H13BrCl3NO3S/c20-13-6-16(21)15(17(22)7-13)8-14-9-19(28(23,25)26)18(10-24-14)27-11-12-4-2-1-3-5-12/h1-7,9-10H,8,11H2. The lowest BCUT2D eigenvalue weighted by Crippen LogP contribution is -2.04. The first kappa shape index (κ1) is 21.4. The van der Waals surface area contributed by atoms with Crippen LogP contribution in [0.5, 0.6) is 5.75 Å². The molecule has 2 aromatic carbocycles. The van der Waals surface area contributed by atoms with Gasteiger partial charge < -0.3 is 4.74 Å². The molecule has 0 amide bonds. The fraction of sp³-hybridized carbons (Fsp3) is 0.105. The summed E-state index contributed by atoms with van der Waals surface area (Å²) in [5, 5.41) is 0.890. The summed E-state index contributed by atoms with van der Waals surface area (Å²) in [5.74, 6) is 0.0793. The van der Waals surface area contributed by atoms with Crippen LogP contribution in [-0.2, 0) is 22.1 Å². The number of nitrogens with zero attached hydrogens (tertiary/aromatic N) is 1. The van der Waals surface area contributed by atoms with Gasteiger partial charge in [0.05, 0.1) is 6.20 Å². The molecule has 3 rings (SSSR count). The Labute approximate surface area is 186 Å². The highest BCUT2D eigenvalue weighted by molar-refractivity contribution is 9.10. The SMILES string of the molecule is O=S(=O)(Cl)c1cc(Cc2c(Cl)cc(Br)cc2Cl)ncc1OCc1ccccc1. The molecule has 0 fully saturated rings. The Hall–Kier alpha value is -1.31. The summed E-state index contributed by atoms with van der Waals surface area (Å²) in [6.07, 6.45) is 1.58. The molecule has 0 spiro atoms. The predicted molar refractivity (Wildman–Crippen MR) is 115 cm³/mol. The largest absolute Gasteiger partial charge is 0.486 e. The molecule has 9 heteroatoms. The summed E-state index contributed by atoms with van der Waals surface area (Å²) >= 11 is 15.8. The van der Waals surface area contributed by atoms with Crippen LogP contribution in [-0.4, -0.2) is 13.4 Å². The molecule has 0 unspecified atom stereocenters. The van der Waals surface area contributed by atoms with Crippen LogP contribution in [0, 0.1) is 0 Å². The molecule has 1 aromatic heterocycles. The van der Waals surface area contributed by atoms with E-state index in [1.165, 1.54) is 12.3 Å². The Kier molecular flexibility index (Phi) is 6.89. The fourth-order valence-corrected chi connectivity index (χ4v) is 4.85. The number of ether oxygens (including phenoxy) is 1. The van der Waals surface area contributed by atoms with Crippen molar-refractivity contribution in [1.29, 1.82) is 0 Å². The lowest BCUT2D eigenvalue weighted by atomic mass is 10.1. The van der Waals surface area contributed by atoms with E-state index in [-0.39, 0.29) is 23.7 Å². The van der Waals surface area contributed by atoms with Gasteiger partial charge in [-0.3, -0.25) is 4.98 Å². The minimum absolute atomic E-state index is 0.0793. The van der Waals surface area contributed by atoms with Crippen molar-refractivity contribution in [2.24, 2.45) is 0 Å². The van der Waals surface area contributed by atoms with Gasteiger partial charge in [-0.1, -0.05) is 69.5 Å². The number of hydrogen-bond acceptors (Lipinski definition) is 4. The van der Waals surface area contributed by atoms with Gasteiger partial charge in [0.15, 0.2) is 5.75 Å². The average molecular weight is 522 g/mol. The van der Waals surface area contributed by atoms with E-state index in [9.17, 15) is 8.42 Å². The molecule has 0 bridgehead atoms. The molecule has 0 aliphatic carbocycles. The first-order valence-electron chi connectivity index (χ1n) is 7.98. The Balaban J connectivity index is 1.91. The van der Waals surface area contributed by atoms with Gasteiger partial charge in [0.25, 0.3) is 9.05 Å². The number of halogens is 4. The highest BCUT2D eigenvalue weighted by Gasteiger charge is 2.20. The summed E-state index contributed by atoms with van der Waals surface area (Å²) in [5.41, 5.74) is 1.96.